The molecule has 9 heteroatoms. The van der Waals surface area contributed by atoms with Crippen molar-refractivity contribution >= 4 is 32.5 Å². The number of fused-ring (bicyclic) bond motifs is 1. The number of H-pyrrole nitrogens is 1. The van der Waals surface area contributed by atoms with E-state index in [0.29, 0.717) is 13.2 Å². The number of nitrogens with one attached hydrogen (secondary N) is 1. The number of rotatable bonds is 3. The van der Waals surface area contributed by atoms with Crippen LogP contribution in [0.5, 0.6) is 0 Å². The number of aromatic amines is 1. The first-order chi connectivity index (χ1) is 12.5. The monoisotopic (exact) mass is 374 g/mol. The van der Waals surface area contributed by atoms with E-state index in [2.05, 4.69) is 24.4 Å². The molecule has 8 nitrogen and oxygen atoms in total. The van der Waals surface area contributed by atoms with Gasteiger partial charge < -0.3 is 14.2 Å². The molecule has 0 atom stereocenters. The molecule has 1 aliphatic rings. The topological polar surface area (TPSA) is 99.5 Å². The molecule has 3 aromatic heterocycles. The van der Waals surface area contributed by atoms with Crippen LogP contribution in [0.3, 0.4) is 0 Å². The van der Waals surface area contributed by atoms with Crippen LogP contribution in [-0.2, 0) is 14.8 Å². The lowest BCUT2D eigenvalue weighted by Gasteiger charge is -2.28. The molecule has 1 saturated heterocycles. The summed E-state index contributed by atoms with van der Waals surface area (Å²) in [6.07, 6.45) is 6.96. The molecule has 0 unspecified atom stereocenters. The molecule has 0 spiro atoms. The quantitative estimate of drug-likeness (QED) is 0.608. The second kappa shape index (κ2) is 6.75. The Bertz CT molecular complexity index is 968. The first kappa shape index (κ1) is 17.1. The van der Waals surface area contributed by atoms with Gasteiger partial charge in [-0.2, -0.15) is 5.10 Å². The van der Waals surface area contributed by atoms with Gasteiger partial charge in [-0.15, -0.1) is 10.1 Å². The van der Waals surface area contributed by atoms with Gasteiger partial charge in [0.2, 0.25) is 0 Å². The first-order valence-corrected chi connectivity index (χ1v) is 11.0. The van der Waals surface area contributed by atoms with Crippen LogP contribution >= 0.6 is 0 Å². The molecule has 1 fully saturated rings. The van der Waals surface area contributed by atoms with E-state index in [0.717, 1.165) is 46.9 Å². The number of ether oxygens (including phenoxy) is 1. The summed E-state index contributed by atoms with van der Waals surface area (Å²) in [5.41, 5.74) is 3.00. The highest BCUT2D eigenvalue weighted by atomic mass is 32.3. The Hall–Kier alpha value is -2.36. The first-order valence-electron chi connectivity index (χ1n) is 8.43. The Morgan fingerprint density at radius 3 is 2.73 bits per heavy atom. The van der Waals surface area contributed by atoms with Crippen LogP contribution in [0.1, 0.15) is 0 Å². The lowest BCUT2D eigenvalue weighted by molar-refractivity contribution is 0.122. The average molecular weight is 374 g/mol. The maximum atomic E-state index is 10.3. The van der Waals surface area contributed by atoms with Crippen molar-refractivity contribution in [1.82, 2.24) is 20.2 Å². The van der Waals surface area contributed by atoms with E-state index >= 15 is 0 Å². The largest absolute Gasteiger partial charge is 0.378 e. The van der Waals surface area contributed by atoms with Crippen LogP contribution in [0.25, 0.3) is 22.3 Å². The summed E-state index contributed by atoms with van der Waals surface area (Å²) in [7, 11) is -2.36. The molecule has 0 aliphatic carbocycles. The number of hydrogen-bond donors (Lipinski definition) is 3. The van der Waals surface area contributed by atoms with Gasteiger partial charge in [-0.25, -0.2) is 9.35 Å². The summed E-state index contributed by atoms with van der Waals surface area (Å²) < 4.78 is 20.4. The van der Waals surface area contributed by atoms with Crippen LogP contribution in [0.15, 0.2) is 35.0 Å². The molecule has 2 N–H and O–H groups in total. The molecule has 138 valence electrons. The molecule has 4 rings (SSSR count). The smallest absolute Gasteiger partial charge is 0.131 e. The average Bonchev–Trinajstić information content (AvgIpc) is 3.15. The summed E-state index contributed by atoms with van der Waals surface area (Å²) in [4.78, 5) is 11.6. The summed E-state index contributed by atoms with van der Waals surface area (Å²) in [6, 6.07) is 5.70. The lowest BCUT2D eigenvalue weighted by atomic mass is 10.1. The number of aromatic nitrogens is 4. The fourth-order valence-corrected chi connectivity index (χ4v) is 3.70. The van der Waals surface area contributed by atoms with Gasteiger partial charge in [0.25, 0.3) is 0 Å². The van der Waals surface area contributed by atoms with Crippen molar-refractivity contribution in [2.45, 2.75) is 0 Å². The van der Waals surface area contributed by atoms with Crippen molar-refractivity contribution in [3.63, 3.8) is 0 Å². The molecular weight excluding hydrogens is 352 g/mol. The SMILES string of the molecule is C[SH](C)(O)=Nc1cc(N2CCOCC2)nc2c(-c3ccn[nH]3)nccc12. The summed E-state index contributed by atoms with van der Waals surface area (Å²) in [5, 5.41) is 7.84. The second-order valence-electron chi connectivity index (χ2n) is 6.56. The summed E-state index contributed by atoms with van der Waals surface area (Å²) >= 11 is 0. The van der Waals surface area contributed by atoms with E-state index in [1.807, 2.05) is 18.2 Å². The van der Waals surface area contributed by atoms with Gasteiger partial charge in [-0.05, 0) is 24.6 Å². The number of thiol groups is 1. The number of hydrogen-bond acceptors (Lipinski definition) is 6. The van der Waals surface area contributed by atoms with E-state index in [4.69, 9.17) is 9.72 Å². The van der Waals surface area contributed by atoms with Gasteiger partial charge in [0.05, 0.1) is 24.6 Å². The van der Waals surface area contributed by atoms with Crippen molar-refractivity contribution in [3.8, 4) is 11.4 Å². The second-order valence-corrected chi connectivity index (χ2v) is 9.44. The summed E-state index contributed by atoms with van der Waals surface area (Å²) in [5.74, 6) is 0.821. The third kappa shape index (κ3) is 3.46. The van der Waals surface area contributed by atoms with Gasteiger partial charge in [0, 0.05) is 36.9 Å². The maximum Gasteiger partial charge on any atom is 0.131 e. The van der Waals surface area contributed by atoms with Gasteiger partial charge in [-0.3, -0.25) is 10.1 Å². The Morgan fingerprint density at radius 2 is 2.04 bits per heavy atom. The molecule has 0 saturated carbocycles. The fraction of sp³-hybridized carbons (Fsp3) is 0.353. The van der Waals surface area contributed by atoms with Crippen LogP contribution < -0.4 is 4.90 Å². The lowest BCUT2D eigenvalue weighted by Crippen LogP contribution is -2.36. The number of anilines is 1. The van der Waals surface area contributed by atoms with E-state index in [-0.39, 0.29) is 0 Å². The highest BCUT2D eigenvalue weighted by molar-refractivity contribution is 7.98. The molecule has 0 aromatic carbocycles. The van der Waals surface area contributed by atoms with E-state index < -0.39 is 10.1 Å². The number of nitrogens with zero attached hydrogens (tertiary/aromatic N) is 5. The van der Waals surface area contributed by atoms with Gasteiger partial charge in [0.15, 0.2) is 0 Å². The fourth-order valence-electron chi connectivity index (χ4n) is 3.01. The molecule has 26 heavy (non-hydrogen) atoms. The molecule has 0 amide bonds. The van der Waals surface area contributed by atoms with Crippen molar-refractivity contribution in [3.05, 3.63) is 30.6 Å². The molecule has 4 heterocycles. The Balaban J connectivity index is 1.97. The van der Waals surface area contributed by atoms with Crippen molar-refractivity contribution in [1.29, 1.82) is 0 Å². The zero-order valence-electron chi connectivity index (χ0n) is 14.8. The Labute approximate surface area is 152 Å². The third-order valence-electron chi connectivity index (χ3n) is 4.14. The summed E-state index contributed by atoms with van der Waals surface area (Å²) in [6.45, 7) is 2.89. The highest BCUT2D eigenvalue weighted by Gasteiger charge is 2.18. The normalized spacial score (nSPS) is 16.0. The Morgan fingerprint density at radius 1 is 1.23 bits per heavy atom. The predicted molar refractivity (Wildman–Crippen MR) is 105 cm³/mol. The predicted octanol–water partition coefficient (Wildman–Crippen LogP) is 2.29. The van der Waals surface area contributed by atoms with Crippen LogP contribution in [-0.4, -0.2) is 63.5 Å². The third-order valence-corrected chi connectivity index (χ3v) is 4.84. The molecular formula is C17H22N6O2S. The minimum absolute atomic E-state index is 0.672. The molecule has 3 aromatic rings. The zero-order valence-corrected chi connectivity index (χ0v) is 15.6. The van der Waals surface area contributed by atoms with E-state index in [9.17, 15) is 4.55 Å². The van der Waals surface area contributed by atoms with Crippen molar-refractivity contribution in [2.24, 2.45) is 4.36 Å². The van der Waals surface area contributed by atoms with Gasteiger partial charge in [0.1, 0.15) is 17.0 Å². The van der Waals surface area contributed by atoms with E-state index in [1.54, 1.807) is 24.9 Å². The van der Waals surface area contributed by atoms with Gasteiger partial charge in [-0.1, -0.05) is 0 Å². The van der Waals surface area contributed by atoms with Crippen LogP contribution in [0, 0.1) is 0 Å². The standard InChI is InChI=1S/C17H22N6O2S/c1-26(2,24)22-14-11-15(23-7-9-25-10-8-23)20-16-12(14)3-5-18-17(16)13-4-6-19-21-13/h3-6,11,26H,7-10H2,1-2H3,(H,19,21)(H,20,22,24). The maximum absolute atomic E-state index is 10.3. The van der Waals surface area contributed by atoms with Crippen molar-refractivity contribution < 1.29 is 9.29 Å². The molecule has 0 radical (unpaired) electrons. The molecule has 0 bridgehead atoms. The highest BCUT2D eigenvalue weighted by Crippen LogP contribution is 2.34. The van der Waals surface area contributed by atoms with Crippen LogP contribution in [0.4, 0.5) is 11.5 Å². The van der Waals surface area contributed by atoms with Crippen LogP contribution in [0.2, 0.25) is 0 Å². The van der Waals surface area contributed by atoms with Crippen molar-refractivity contribution in [2.75, 3.05) is 43.7 Å². The van der Waals surface area contributed by atoms with E-state index in [1.165, 1.54) is 0 Å². The molecule has 1 aliphatic heterocycles. The Kier molecular flexibility index (Phi) is 4.43. The number of morpholine rings is 1. The minimum atomic E-state index is -2.36. The minimum Gasteiger partial charge on any atom is -0.378 e. The van der Waals surface area contributed by atoms with Gasteiger partial charge >= 0.3 is 0 Å². The zero-order chi connectivity index (χ0) is 18.1. The number of pyridine rings is 2.